The molecule has 1 aliphatic rings. The minimum absolute atomic E-state index is 0.0557. The smallest absolute Gasteiger partial charge is 0.261 e. The van der Waals surface area contributed by atoms with Crippen LogP contribution < -0.4 is 21.5 Å². The van der Waals surface area contributed by atoms with Gasteiger partial charge in [0.25, 0.3) is 10.0 Å². The number of nitrogens with one attached hydrogen (secondary N) is 4. The lowest BCUT2D eigenvalue weighted by molar-refractivity contribution is -0.127. The number of sulfonamides is 1. The molecule has 11 nitrogen and oxygen atoms in total. The Kier molecular flexibility index (Phi) is 8.79. The van der Waals surface area contributed by atoms with Gasteiger partial charge in [0.1, 0.15) is 16.7 Å². The molecule has 0 bridgehead atoms. The van der Waals surface area contributed by atoms with Gasteiger partial charge in [-0.05, 0) is 86.5 Å². The number of imidazole rings is 1. The van der Waals surface area contributed by atoms with Gasteiger partial charge in [-0.15, -0.1) is 0 Å². The van der Waals surface area contributed by atoms with Crippen molar-refractivity contribution >= 4 is 49.9 Å². The molecule has 45 heavy (non-hydrogen) atoms. The van der Waals surface area contributed by atoms with Crippen LogP contribution in [0.3, 0.4) is 0 Å². The maximum absolute atomic E-state index is 13.6. The number of aromatic nitrogens is 4. The number of hydrogen-bond acceptors (Lipinski definition) is 7. The molecular formula is C32H35ClN8O3S. The van der Waals surface area contributed by atoms with Gasteiger partial charge in [-0.25, -0.2) is 13.4 Å². The van der Waals surface area contributed by atoms with E-state index in [1.54, 1.807) is 36.4 Å². The van der Waals surface area contributed by atoms with Gasteiger partial charge < -0.3 is 21.8 Å². The third kappa shape index (κ3) is 6.82. The van der Waals surface area contributed by atoms with Crippen LogP contribution in [0.1, 0.15) is 43.1 Å². The standard InChI is InChI=1S/C32H35ClN8O3S/c33-29-28(22-13-14-25-26(17-22)39-40-30(25)35)37-31(38-29)27(36-32(42)21-11-9-19(18-34)10-12-21)16-20-5-4-6-23(15-20)41-45(43,44)24-7-2-1-3-8-24/h1-8,13-15,17,19,21,27,41H,9-12,16,18,34H2,(H,36,42)(H,37,38)(H3,35,39,40)/t19-,21-,27-/m0/s1. The first kappa shape index (κ1) is 30.6. The SMILES string of the molecule is NC[C@H]1CC[C@H](C(=O)N[C@@H](Cc2cccc(NS(=O)(=O)c3ccccc3)c2)c2nc(-c3ccc4c(N)n[nH]c4c3)c(Cl)[nH]2)CC1. The topological polar surface area (TPSA) is 185 Å². The molecule has 0 radical (unpaired) electrons. The van der Waals surface area contributed by atoms with Gasteiger partial charge in [-0.2, -0.15) is 5.10 Å². The van der Waals surface area contributed by atoms with Crippen molar-refractivity contribution < 1.29 is 13.2 Å². The molecule has 1 saturated carbocycles. The molecule has 234 valence electrons. The highest BCUT2D eigenvalue weighted by molar-refractivity contribution is 7.92. The van der Waals surface area contributed by atoms with Gasteiger partial charge in [-0.3, -0.25) is 14.6 Å². The van der Waals surface area contributed by atoms with E-state index in [4.69, 9.17) is 28.1 Å². The lowest BCUT2D eigenvalue weighted by atomic mass is 9.81. The second-order valence-electron chi connectivity index (χ2n) is 11.5. The van der Waals surface area contributed by atoms with Crippen molar-refractivity contribution in [3.05, 3.63) is 89.3 Å². The average Bonchev–Trinajstić information content (AvgIpc) is 3.62. The van der Waals surface area contributed by atoms with Crippen LogP contribution in [-0.4, -0.2) is 41.0 Å². The Morgan fingerprint density at radius 2 is 1.80 bits per heavy atom. The highest BCUT2D eigenvalue weighted by Crippen LogP contribution is 2.33. The van der Waals surface area contributed by atoms with Gasteiger partial charge in [0.15, 0.2) is 5.82 Å². The van der Waals surface area contributed by atoms with Crippen molar-refractivity contribution in [3.8, 4) is 11.3 Å². The Balaban J connectivity index is 1.28. The first-order valence-corrected chi connectivity index (χ1v) is 16.7. The zero-order chi connectivity index (χ0) is 31.6. The fourth-order valence-corrected chi connectivity index (χ4v) is 7.21. The number of nitrogens with two attached hydrogens (primary N) is 2. The van der Waals surface area contributed by atoms with E-state index < -0.39 is 16.1 Å². The van der Waals surface area contributed by atoms with Crippen molar-refractivity contribution in [2.45, 2.75) is 43.0 Å². The van der Waals surface area contributed by atoms with Crippen LogP contribution >= 0.6 is 11.6 Å². The highest BCUT2D eigenvalue weighted by atomic mass is 35.5. The van der Waals surface area contributed by atoms with Crippen LogP contribution in [0.5, 0.6) is 0 Å². The Bertz CT molecular complexity index is 1920. The molecule has 0 unspecified atom stereocenters. The van der Waals surface area contributed by atoms with Crippen LogP contribution in [0, 0.1) is 11.8 Å². The molecule has 0 spiro atoms. The van der Waals surface area contributed by atoms with Crippen LogP contribution in [0.2, 0.25) is 5.15 Å². The fraction of sp³-hybridized carbons (Fsp3) is 0.281. The summed E-state index contributed by atoms with van der Waals surface area (Å²) in [5, 5.41) is 11.3. The Hall–Kier alpha value is -4.39. The van der Waals surface area contributed by atoms with Crippen molar-refractivity contribution in [2.24, 2.45) is 17.6 Å². The first-order chi connectivity index (χ1) is 21.7. The summed E-state index contributed by atoms with van der Waals surface area (Å²) in [5.41, 5.74) is 15.0. The van der Waals surface area contributed by atoms with Crippen molar-refractivity contribution in [3.63, 3.8) is 0 Å². The van der Waals surface area contributed by atoms with Gasteiger partial charge in [0.2, 0.25) is 5.91 Å². The number of anilines is 2. The first-order valence-electron chi connectivity index (χ1n) is 14.9. The normalized spacial score (nSPS) is 17.6. The molecule has 0 aliphatic heterocycles. The monoisotopic (exact) mass is 646 g/mol. The third-order valence-corrected chi connectivity index (χ3v) is 10.1. The van der Waals surface area contributed by atoms with E-state index in [-0.39, 0.29) is 16.7 Å². The van der Waals surface area contributed by atoms with Crippen molar-refractivity contribution in [1.82, 2.24) is 25.5 Å². The summed E-state index contributed by atoms with van der Waals surface area (Å²) < 4.78 is 28.6. The quantitative estimate of drug-likeness (QED) is 0.121. The molecule has 1 fully saturated rings. The van der Waals surface area contributed by atoms with E-state index in [9.17, 15) is 13.2 Å². The van der Waals surface area contributed by atoms with E-state index in [1.165, 1.54) is 12.1 Å². The van der Waals surface area contributed by atoms with E-state index in [0.717, 1.165) is 47.7 Å². The third-order valence-electron chi connectivity index (χ3n) is 8.41. The second kappa shape index (κ2) is 12.9. The average molecular weight is 647 g/mol. The number of nitrogens with zero attached hydrogens (tertiary/aromatic N) is 2. The number of rotatable bonds is 10. The Morgan fingerprint density at radius 3 is 2.56 bits per heavy atom. The van der Waals surface area contributed by atoms with Gasteiger partial charge in [0.05, 0.1) is 16.5 Å². The minimum atomic E-state index is -3.78. The molecule has 3 aromatic carbocycles. The molecule has 1 amide bonds. The summed E-state index contributed by atoms with van der Waals surface area (Å²) in [6, 6.07) is 20.3. The number of carbonyl (C=O) groups is 1. The van der Waals surface area contributed by atoms with Crippen LogP contribution in [0.15, 0.2) is 77.7 Å². The zero-order valence-electron chi connectivity index (χ0n) is 24.5. The van der Waals surface area contributed by atoms with Crippen LogP contribution in [0.4, 0.5) is 11.5 Å². The number of H-pyrrole nitrogens is 2. The molecule has 6 rings (SSSR count). The van der Waals surface area contributed by atoms with Crippen molar-refractivity contribution in [2.75, 3.05) is 17.0 Å². The molecule has 8 N–H and O–H groups in total. The molecule has 2 heterocycles. The maximum Gasteiger partial charge on any atom is 0.261 e. The number of halogens is 1. The summed E-state index contributed by atoms with van der Waals surface area (Å²) in [5.74, 6) is 1.15. The number of aromatic amines is 2. The summed E-state index contributed by atoms with van der Waals surface area (Å²) >= 11 is 6.69. The van der Waals surface area contributed by atoms with Crippen molar-refractivity contribution in [1.29, 1.82) is 0 Å². The molecule has 1 atom stereocenters. The van der Waals surface area contributed by atoms with E-state index in [2.05, 4.69) is 25.2 Å². The summed E-state index contributed by atoms with van der Waals surface area (Å²) in [4.78, 5) is 21.7. The van der Waals surface area contributed by atoms with Gasteiger partial charge in [-0.1, -0.05) is 48.0 Å². The highest BCUT2D eigenvalue weighted by Gasteiger charge is 2.29. The minimum Gasteiger partial charge on any atom is -0.382 e. The van der Waals surface area contributed by atoms with E-state index >= 15 is 0 Å². The summed E-state index contributed by atoms with van der Waals surface area (Å²) in [7, 11) is -3.78. The Morgan fingerprint density at radius 1 is 1.02 bits per heavy atom. The number of fused-ring (bicyclic) bond motifs is 1. The predicted molar refractivity (Wildman–Crippen MR) is 176 cm³/mol. The predicted octanol–water partition coefficient (Wildman–Crippen LogP) is 5.15. The maximum atomic E-state index is 13.6. The lowest BCUT2D eigenvalue weighted by Gasteiger charge is -2.28. The van der Waals surface area contributed by atoms with Crippen LogP contribution in [-0.2, 0) is 21.2 Å². The summed E-state index contributed by atoms with van der Waals surface area (Å²) in [6.45, 7) is 0.631. The number of nitrogen functional groups attached to an aromatic ring is 1. The zero-order valence-corrected chi connectivity index (χ0v) is 26.0. The molecule has 13 heteroatoms. The van der Waals surface area contributed by atoms with E-state index in [1.807, 2.05) is 24.3 Å². The fourth-order valence-electron chi connectivity index (χ4n) is 5.89. The summed E-state index contributed by atoms with van der Waals surface area (Å²) in [6.07, 6.45) is 3.72. The molecule has 2 aromatic heterocycles. The number of hydrogen-bond donors (Lipinski definition) is 6. The molecular weight excluding hydrogens is 612 g/mol. The van der Waals surface area contributed by atoms with E-state index in [0.29, 0.717) is 47.1 Å². The number of benzene rings is 3. The van der Waals surface area contributed by atoms with Gasteiger partial charge in [0, 0.05) is 22.6 Å². The number of amides is 1. The largest absolute Gasteiger partial charge is 0.382 e. The molecule has 5 aromatic rings. The number of carbonyl (C=O) groups excluding carboxylic acids is 1. The second-order valence-corrected chi connectivity index (χ2v) is 13.6. The lowest BCUT2D eigenvalue weighted by Crippen LogP contribution is -2.37. The molecule has 0 saturated heterocycles. The molecule has 1 aliphatic carbocycles. The van der Waals surface area contributed by atoms with Gasteiger partial charge >= 0.3 is 0 Å². The Labute approximate surface area is 266 Å². The van der Waals surface area contributed by atoms with Crippen LogP contribution in [0.25, 0.3) is 22.2 Å².